The van der Waals surface area contributed by atoms with E-state index in [-0.39, 0.29) is 6.61 Å². The van der Waals surface area contributed by atoms with Crippen LogP contribution in [0.1, 0.15) is 36.8 Å². The number of hydrogen-bond donors (Lipinski definition) is 3. The van der Waals surface area contributed by atoms with Crippen LogP contribution in [0.4, 0.5) is 17.3 Å². The van der Waals surface area contributed by atoms with Crippen LogP contribution in [0.2, 0.25) is 5.02 Å². The quantitative estimate of drug-likeness (QED) is 0.243. The van der Waals surface area contributed by atoms with Gasteiger partial charge >= 0.3 is 0 Å². The van der Waals surface area contributed by atoms with Crippen molar-refractivity contribution in [2.45, 2.75) is 32.9 Å². The van der Waals surface area contributed by atoms with Crippen molar-refractivity contribution >= 4 is 35.2 Å². The maximum Gasteiger partial charge on any atom is 0.156 e. The van der Waals surface area contributed by atoms with Crippen molar-refractivity contribution in [3.8, 4) is 17.0 Å². The average molecular weight is 509 g/mol. The average Bonchev–Trinajstić information content (AvgIpc) is 3.25. The third-order valence-electron chi connectivity index (χ3n) is 4.94. The normalized spacial score (nSPS) is 10.8. The van der Waals surface area contributed by atoms with E-state index in [2.05, 4.69) is 26.0 Å². The summed E-state index contributed by atoms with van der Waals surface area (Å²) in [6.07, 6.45) is 7.06. The van der Waals surface area contributed by atoms with Gasteiger partial charge in [0, 0.05) is 24.2 Å². The van der Waals surface area contributed by atoms with Crippen LogP contribution in [0.15, 0.2) is 55.1 Å². The number of carbonyl (C=O) groups excluding carboxylic acids is 1. The third-order valence-corrected chi connectivity index (χ3v) is 5.16. The molecule has 1 aromatic carbocycles. The van der Waals surface area contributed by atoms with Crippen molar-refractivity contribution in [2.75, 3.05) is 18.1 Å². The van der Waals surface area contributed by atoms with Crippen molar-refractivity contribution in [3.63, 3.8) is 0 Å². The second-order valence-electron chi connectivity index (χ2n) is 8.54. The van der Waals surface area contributed by atoms with Crippen LogP contribution in [0, 0.1) is 0 Å². The minimum absolute atomic E-state index is 0.210. The van der Waals surface area contributed by atoms with Gasteiger partial charge < -0.3 is 21.5 Å². The predicted molar refractivity (Wildman–Crippen MR) is 141 cm³/mol. The molecule has 0 aliphatic heterocycles. The molecule has 10 nitrogen and oxygen atoms in total. The van der Waals surface area contributed by atoms with Gasteiger partial charge in [0.1, 0.15) is 29.7 Å². The number of carbonyl (C=O) groups is 1. The van der Waals surface area contributed by atoms with Crippen molar-refractivity contribution < 1.29 is 9.53 Å². The Kier molecular flexibility index (Phi) is 8.57. The van der Waals surface area contributed by atoms with Gasteiger partial charge in [-0.25, -0.2) is 9.67 Å². The summed E-state index contributed by atoms with van der Waals surface area (Å²) >= 11 is 5.90. The molecule has 4 aromatic rings. The fraction of sp³-hybridized carbons (Fsp3) is 0.240. The van der Waals surface area contributed by atoms with E-state index in [0.717, 1.165) is 6.29 Å². The van der Waals surface area contributed by atoms with Crippen LogP contribution in [-0.4, -0.2) is 38.1 Å². The highest BCUT2D eigenvalue weighted by Crippen LogP contribution is 2.36. The Morgan fingerprint density at radius 3 is 2.50 bits per heavy atom. The van der Waals surface area contributed by atoms with E-state index in [0.29, 0.717) is 50.6 Å². The van der Waals surface area contributed by atoms with Crippen LogP contribution in [0.5, 0.6) is 5.75 Å². The number of nitrogens with two attached hydrogens (primary N) is 2. The fourth-order valence-electron chi connectivity index (χ4n) is 3.30. The van der Waals surface area contributed by atoms with E-state index in [1.807, 2.05) is 20.8 Å². The first-order chi connectivity index (χ1) is 17.3. The summed E-state index contributed by atoms with van der Waals surface area (Å²) in [5.41, 5.74) is 12.9. The standard InChI is InChI=1S/C24H24ClN7O2.CH5N/c1-24(2,3)32-23(30-21-12-27-8-9-28-21)18(13-33)22(31-32)15-4-7-19(26)20(10-15)34-14-17-6-5-16(25)11-29-17;1-2/h4-13H,14,26H2,1-3H3,(H,28,30);2H2,1H3. The summed E-state index contributed by atoms with van der Waals surface area (Å²) in [6, 6.07) is 8.81. The summed E-state index contributed by atoms with van der Waals surface area (Å²) in [5.74, 6) is 1.47. The van der Waals surface area contributed by atoms with Gasteiger partial charge in [-0.15, -0.1) is 0 Å². The predicted octanol–water partition coefficient (Wildman–Crippen LogP) is 4.44. The first kappa shape index (κ1) is 26.6. The Hall–Kier alpha value is -4.02. The van der Waals surface area contributed by atoms with Crippen LogP contribution < -0.4 is 21.5 Å². The van der Waals surface area contributed by atoms with Gasteiger partial charge in [-0.2, -0.15) is 5.10 Å². The smallest absolute Gasteiger partial charge is 0.156 e. The molecule has 0 radical (unpaired) electrons. The molecule has 0 aliphatic carbocycles. The van der Waals surface area contributed by atoms with Crippen LogP contribution in [0.25, 0.3) is 11.3 Å². The number of nitrogens with zero attached hydrogens (tertiary/aromatic N) is 5. The number of aldehydes is 1. The van der Waals surface area contributed by atoms with E-state index in [1.54, 1.807) is 59.8 Å². The van der Waals surface area contributed by atoms with E-state index < -0.39 is 5.54 Å². The molecule has 0 saturated carbocycles. The Morgan fingerprint density at radius 1 is 1.11 bits per heavy atom. The number of pyridine rings is 1. The lowest BCUT2D eigenvalue weighted by atomic mass is 10.1. The second kappa shape index (κ2) is 11.6. The molecular weight excluding hydrogens is 480 g/mol. The lowest BCUT2D eigenvalue weighted by Gasteiger charge is -2.22. The first-order valence-corrected chi connectivity index (χ1v) is 11.5. The summed E-state index contributed by atoms with van der Waals surface area (Å²) in [6.45, 7) is 6.20. The molecule has 0 fully saturated rings. The molecule has 0 bridgehead atoms. The highest BCUT2D eigenvalue weighted by atomic mass is 35.5. The molecule has 0 amide bonds. The molecule has 5 N–H and O–H groups in total. The van der Waals surface area contributed by atoms with E-state index in [9.17, 15) is 4.79 Å². The Bertz CT molecular complexity index is 1300. The second-order valence-corrected chi connectivity index (χ2v) is 8.97. The number of benzene rings is 1. The van der Waals surface area contributed by atoms with Crippen molar-refractivity contribution in [3.05, 3.63) is 71.4 Å². The van der Waals surface area contributed by atoms with Gasteiger partial charge in [0.15, 0.2) is 6.29 Å². The van der Waals surface area contributed by atoms with Gasteiger partial charge in [-0.1, -0.05) is 17.7 Å². The fourth-order valence-corrected chi connectivity index (χ4v) is 3.41. The lowest BCUT2D eigenvalue weighted by molar-refractivity contribution is 0.112. The number of nitrogens with one attached hydrogen (secondary N) is 1. The molecule has 0 aliphatic rings. The molecule has 11 heteroatoms. The topological polar surface area (TPSA) is 147 Å². The highest BCUT2D eigenvalue weighted by Gasteiger charge is 2.26. The zero-order chi connectivity index (χ0) is 26.3. The maximum atomic E-state index is 12.2. The first-order valence-electron chi connectivity index (χ1n) is 11.1. The molecule has 3 aromatic heterocycles. The van der Waals surface area contributed by atoms with Gasteiger partial charge in [0.25, 0.3) is 0 Å². The monoisotopic (exact) mass is 508 g/mol. The summed E-state index contributed by atoms with van der Waals surface area (Å²) in [5, 5.41) is 8.50. The summed E-state index contributed by atoms with van der Waals surface area (Å²) < 4.78 is 7.67. The van der Waals surface area contributed by atoms with Crippen LogP contribution in [-0.2, 0) is 12.1 Å². The number of anilines is 3. The number of ether oxygens (including phenoxy) is 1. The third kappa shape index (κ3) is 6.15. The summed E-state index contributed by atoms with van der Waals surface area (Å²) in [4.78, 5) is 24.8. The van der Waals surface area contributed by atoms with Crippen LogP contribution in [0.3, 0.4) is 0 Å². The zero-order valence-electron chi connectivity index (χ0n) is 20.6. The van der Waals surface area contributed by atoms with Crippen LogP contribution >= 0.6 is 11.6 Å². The van der Waals surface area contributed by atoms with E-state index >= 15 is 0 Å². The number of halogens is 1. The number of aromatic nitrogens is 5. The highest BCUT2D eigenvalue weighted by molar-refractivity contribution is 6.30. The Balaban J connectivity index is 0.00000176. The van der Waals surface area contributed by atoms with Gasteiger partial charge in [-0.3, -0.25) is 14.8 Å². The van der Waals surface area contributed by atoms with Crippen molar-refractivity contribution in [1.29, 1.82) is 0 Å². The SMILES string of the molecule is CC(C)(C)n1nc(-c2ccc(N)c(OCc3ccc(Cl)cn3)c2)c(C=O)c1Nc1cnccn1.CN. The minimum Gasteiger partial charge on any atom is -0.485 e. The zero-order valence-corrected chi connectivity index (χ0v) is 21.3. The van der Waals surface area contributed by atoms with Gasteiger partial charge in [-0.05, 0) is 52.1 Å². The number of nitrogen functional groups attached to an aromatic ring is 1. The Labute approximate surface area is 214 Å². The minimum atomic E-state index is -0.423. The number of hydrogen-bond acceptors (Lipinski definition) is 9. The molecule has 0 saturated heterocycles. The maximum absolute atomic E-state index is 12.2. The Morgan fingerprint density at radius 2 is 1.89 bits per heavy atom. The number of rotatable bonds is 7. The van der Waals surface area contributed by atoms with Crippen molar-refractivity contribution in [2.24, 2.45) is 5.73 Å². The molecular formula is C25H29ClN8O2. The summed E-state index contributed by atoms with van der Waals surface area (Å²) in [7, 11) is 1.50. The van der Waals surface area contributed by atoms with E-state index in [1.165, 1.54) is 7.05 Å². The van der Waals surface area contributed by atoms with Crippen molar-refractivity contribution in [1.82, 2.24) is 24.7 Å². The molecule has 36 heavy (non-hydrogen) atoms. The molecule has 4 rings (SSSR count). The molecule has 0 atom stereocenters. The van der Waals surface area contributed by atoms with E-state index in [4.69, 9.17) is 27.2 Å². The molecule has 0 unspecified atom stereocenters. The molecule has 0 spiro atoms. The molecule has 188 valence electrons. The lowest BCUT2D eigenvalue weighted by Crippen LogP contribution is -2.25. The van der Waals surface area contributed by atoms with Gasteiger partial charge in [0.05, 0.1) is 33.7 Å². The largest absolute Gasteiger partial charge is 0.485 e. The molecule has 3 heterocycles. The van der Waals surface area contributed by atoms with Gasteiger partial charge in [0.2, 0.25) is 0 Å².